The molecule has 0 radical (unpaired) electrons. The molecule has 3 saturated carbocycles. The number of aliphatic hydroxyl groups is 1. The van der Waals surface area contributed by atoms with Crippen molar-refractivity contribution in [2.75, 3.05) is 0 Å². The van der Waals surface area contributed by atoms with Gasteiger partial charge in [-0.2, -0.15) is 0 Å². The van der Waals surface area contributed by atoms with E-state index in [4.69, 9.17) is 0 Å². The van der Waals surface area contributed by atoms with Gasteiger partial charge in [-0.15, -0.1) is 0 Å². The lowest BCUT2D eigenvalue weighted by Gasteiger charge is -2.57. The minimum Gasteiger partial charge on any atom is -0.393 e. The van der Waals surface area contributed by atoms with Gasteiger partial charge in [-0.1, -0.05) is 65.3 Å². The van der Waals surface area contributed by atoms with Gasteiger partial charge in [0.2, 0.25) is 0 Å². The van der Waals surface area contributed by atoms with Crippen molar-refractivity contribution in [3.8, 4) is 0 Å². The van der Waals surface area contributed by atoms with Crippen molar-refractivity contribution in [1.29, 1.82) is 0 Å². The summed E-state index contributed by atoms with van der Waals surface area (Å²) < 4.78 is 0. The van der Waals surface area contributed by atoms with Gasteiger partial charge in [-0.25, -0.2) is 0 Å². The highest BCUT2D eigenvalue weighted by molar-refractivity contribution is 5.28. The Balaban J connectivity index is 1.54. The lowest BCUT2D eigenvalue weighted by atomic mass is 9.47. The molecule has 0 amide bonds. The quantitative estimate of drug-likeness (QED) is 0.489. The van der Waals surface area contributed by atoms with Gasteiger partial charge >= 0.3 is 0 Å². The summed E-state index contributed by atoms with van der Waals surface area (Å²) in [5, 5.41) is 10.2. The minimum absolute atomic E-state index is 0.0476. The standard InChI is InChI=1S/C28H46O/c1-18(2)19(3)7-8-20(4)24-11-12-25-23-10-9-21-17-22(29)13-15-27(21,5)26(23)14-16-28(24,25)6/h7-8,10,18-22,24-26,29H,9,11-17H2,1-6H3/b8-7+/t19-,20+,21+,22+,24-,25+,26+,27+,28-/m0/s1. The Hall–Kier alpha value is -0.560. The summed E-state index contributed by atoms with van der Waals surface area (Å²) in [6.07, 6.45) is 17.8. The molecule has 0 spiro atoms. The minimum atomic E-state index is -0.0476. The predicted molar refractivity (Wildman–Crippen MR) is 124 cm³/mol. The molecule has 0 aromatic carbocycles. The third kappa shape index (κ3) is 3.58. The van der Waals surface area contributed by atoms with Crippen LogP contribution in [0.5, 0.6) is 0 Å². The van der Waals surface area contributed by atoms with Crippen LogP contribution in [0.15, 0.2) is 23.8 Å². The molecule has 1 N–H and O–H groups in total. The van der Waals surface area contributed by atoms with E-state index in [0.717, 1.165) is 36.5 Å². The first-order valence-corrected chi connectivity index (χ1v) is 12.7. The molecule has 29 heavy (non-hydrogen) atoms. The largest absolute Gasteiger partial charge is 0.393 e. The lowest BCUT2D eigenvalue weighted by Crippen LogP contribution is -2.49. The summed E-state index contributed by atoms with van der Waals surface area (Å²) in [6, 6.07) is 0. The van der Waals surface area contributed by atoms with Gasteiger partial charge in [0, 0.05) is 0 Å². The van der Waals surface area contributed by atoms with Crippen LogP contribution in [-0.2, 0) is 0 Å². The lowest BCUT2D eigenvalue weighted by molar-refractivity contribution is -0.0414. The molecule has 4 rings (SSSR count). The maximum atomic E-state index is 10.2. The van der Waals surface area contributed by atoms with Crippen molar-refractivity contribution < 1.29 is 5.11 Å². The maximum Gasteiger partial charge on any atom is 0.0543 e. The molecule has 4 aliphatic rings. The third-order valence-corrected chi connectivity index (χ3v) is 10.5. The van der Waals surface area contributed by atoms with Gasteiger partial charge < -0.3 is 5.11 Å². The highest BCUT2D eigenvalue weighted by Gasteiger charge is 2.57. The fourth-order valence-electron chi connectivity index (χ4n) is 8.10. The van der Waals surface area contributed by atoms with Gasteiger partial charge in [0.25, 0.3) is 0 Å². The van der Waals surface area contributed by atoms with Crippen molar-refractivity contribution in [2.24, 2.45) is 52.3 Å². The number of fused-ring (bicyclic) bond motifs is 5. The number of allylic oxidation sites excluding steroid dienone is 4. The van der Waals surface area contributed by atoms with Crippen LogP contribution < -0.4 is 0 Å². The molecule has 3 fully saturated rings. The van der Waals surface area contributed by atoms with E-state index in [2.05, 4.69) is 59.8 Å². The van der Waals surface area contributed by atoms with Crippen LogP contribution in [0.2, 0.25) is 0 Å². The average Bonchev–Trinajstić information content (AvgIpc) is 3.03. The van der Waals surface area contributed by atoms with Crippen LogP contribution in [0, 0.1) is 52.3 Å². The second-order valence-electron chi connectivity index (χ2n) is 12.3. The molecule has 0 bridgehead atoms. The van der Waals surface area contributed by atoms with Crippen molar-refractivity contribution in [3.05, 3.63) is 23.8 Å². The number of rotatable bonds is 4. The zero-order valence-electron chi connectivity index (χ0n) is 20.0. The Morgan fingerprint density at radius 3 is 2.34 bits per heavy atom. The van der Waals surface area contributed by atoms with Gasteiger partial charge in [0.05, 0.1) is 6.10 Å². The summed E-state index contributed by atoms with van der Waals surface area (Å²) in [7, 11) is 0. The molecule has 9 atom stereocenters. The van der Waals surface area contributed by atoms with Gasteiger partial charge in [0.15, 0.2) is 0 Å². The molecule has 0 aromatic rings. The first kappa shape index (κ1) is 21.7. The van der Waals surface area contributed by atoms with Crippen LogP contribution in [0.3, 0.4) is 0 Å². The molecule has 0 aromatic heterocycles. The average molecular weight is 399 g/mol. The Morgan fingerprint density at radius 1 is 0.931 bits per heavy atom. The fraction of sp³-hybridized carbons (Fsp3) is 0.857. The fourth-order valence-corrected chi connectivity index (χ4v) is 8.10. The molecule has 1 nitrogen and oxygen atoms in total. The topological polar surface area (TPSA) is 20.2 Å². The Labute approximate surface area is 180 Å². The summed E-state index contributed by atoms with van der Waals surface area (Å²) >= 11 is 0. The van der Waals surface area contributed by atoms with E-state index in [-0.39, 0.29) is 6.10 Å². The Morgan fingerprint density at radius 2 is 1.62 bits per heavy atom. The second kappa shape index (κ2) is 7.85. The Bertz CT molecular complexity index is 659. The molecule has 1 heteroatoms. The van der Waals surface area contributed by atoms with Gasteiger partial charge in [-0.05, 0) is 104 Å². The maximum absolute atomic E-state index is 10.2. The van der Waals surface area contributed by atoms with Crippen LogP contribution in [0.25, 0.3) is 0 Å². The van der Waals surface area contributed by atoms with Crippen molar-refractivity contribution in [2.45, 2.75) is 99.0 Å². The summed E-state index contributed by atoms with van der Waals surface area (Å²) in [6.45, 7) is 14.7. The molecule has 4 aliphatic carbocycles. The molecule has 164 valence electrons. The molecular weight excluding hydrogens is 352 g/mol. The molecule has 0 saturated heterocycles. The smallest absolute Gasteiger partial charge is 0.0543 e. The number of hydrogen-bond acceptors (Lipinski definition) is 1. The Kier molecular flexibility index (Phi) is 5.86. The number of hydrogen-bond donors (Lipinski definition) is 1. The monoisotopic (exact) mass is 398 g/mol. The van der Waals surface area contributed by atoms with Crippen molar-refractivity contribution in [3.63, 3.8) is 0 Å². The second-order valence-corrected chi connectivity index (χ2v) is 12.3. The summed E-state index contributed by atoms with van der Waals surface area (Å²) in [5.41, 5.74) is 2.79. The van der Waals surface area contributed by atoms with Gasteiger partial charge in [-0.3, -0.25) is 0 Å². The van der Waals surface area contributed by atoms with Crippen LogP contribution in [0.1, 0.15) is 92.9 Å². The van der Waals surface area contributed by atoms with E-state index in [1.165, 1.54) is 38.5 Å². The first-order chi connectivity index (χ1) is 13.7. The summed E-state index contributed by atoms with van der Waals surface area (Å²) in [5.74, 6) is 5.25. The normalized spacial score (nSPS) is 46.8. The SMILES string of the molecule is CC(C)[C@@H](C)/C=C/[C@@H](C)[C@@H]1CC[C@@H]2C3=CC[C@@H]4C[C@H](O)CC[C@@]4(C)[C@@H]3CC[C@]21C. The highest BCUT2D eigenvalue weighted by Crippen LogP contribution is 2.66. The first-order valence-electron chi connectivity index (χ1n) is 12.7. The van der Waals surface area contributed by atoms with E-state index in [0.29, 0.717) is 28.6 Å². The highest BCUT2D eigenvalue weighted by atomic mass is 16.3. The molecular formula is C28H46O. The zero-order chi connectivity index (χ0) is 21.0. The summed E-state index contributed by atoms with van der Waals surface area (Å²) in [4.78, 5) is 0. The van der Waals surface area contributed by atoms with Crippen LogP contribution >= 0.6 is 0 Å². The van der Waals surface area contributed by atoms with Crippen molar-refractivity contribution in [1.82, 2.24) is 0 Å². The molecule has 0 aliphatic heterocycles. The van der Waals surface area contributed by atoms with E-state index >= 15 is 0 Å². The number of aliphatic hydroxyl groups excluding tert-OH is 1. The van der Waals surface area contributed by atoms with Crippen molar-refractivity contribution >= 4 is 0 Å². The van der Waals surface area contributed by atoms with Crippen LogP contribution in [0.4, 0.5) is 0 Å². The van der Waals surface area contributed by atoms with Crippen LogP contribution in [-0.4, -0.2) is 11.2 Å². The predicted octanol–water partition coefficient (Wildman–Crippen LogP) is 7.41. The molecule has 0 heterocycles. The van der Waals surface area contributed by atoms with E-state index < -0.39 is 0 Å². The third-order valence-electron chi connectivity index (χ3n) is 10.5. The van der Waals surface area contributed by atoms with E-state index in [9.17, 15) is 5.11 Å². The van der Waals surface area contributed by atoms with Gasteiger partial charge in [0.1, 0.15) is 0 Å². The van der Waals surface area contributed by atoms with E-state index in [1.54, 1.807) is 0 Å². The molecule has 0 unspecified atom stereocenters. The zero-order valence-corrected chi connectivity index (χ0v) is 20.0. The van der Waals surface area contributed by atoms with E-state index in [1.807, 2.05) is 5.57 Å².